The van der Waals surface area contributed by atoms with Gasteiger partial charge in [-0.05, 0) is 44.5 Å². The van der Waals surface area contributed by atoms with Crippen LogP contribution < -0.4 is 16.1 Å². The van der Waals surface area contributed by atoms with Crippen molar-refractivity contribution in [1.82, 2.24) is 14.9 Å². The lowest BCUT2D eigenvalue weighted by atomic mass is 10.1. The van der Waals surface area contributed by atoms with Crippen LogP contribution in [0.1, 0.15) is 19.4 Å². The maximum Gasteiger partial charge on any atom is 0.234 e. The number of anilines is 2. The predicted molar refractivity (Wildman–Crippen MR) is 94.3 cm³/mol. The SMILES string of the molecule is CCN(CC)c1ccc(NC(=O)CSc2nncn2N)c(C)c1. The number of carbonyl (C=O) groups excluding carboxylic acids is 1. The summed E-state index contributed by atoms with van der Waals surface area (Å²) in [5.41, 5.74) is 3.02. The predicted octanol–water partition coefficient (Wildman–Crippen LogP) is 1.88. The second-order valence-electron chi connectivity index (χ2n) is 5.03. The molecule has 0 aliphatic heterocycles. The Bertz CT molecular complexity index is 668. The van der Waals surface area contributed by atoms with Crippen LogP contribution >= 0.6 is 11.8 Å². The molecule has 2 rings (SSSR count). The molecule has 0 radical (unpaired) electrons. The van der Waals surface area contributed by atoms with Crippen LogP contribution in [0, 0.1) is 6.92 Å². The van der Waals surface area contributed by atoms with Crippen LogP contribution in [0.15, 0.2) is 29.7 Å². The minimum atomic E-state index is -0.100. The smallest absolute Gasteiger partial charge is 0.234 e. The molecule has 7 nitrogen and oxygen atoms in total. The van der Waals surface area contributed by atoms with Crippen LogP contribution in [0.5, 0.6) is 0 Å². The zero-order chi connectivity index (χ0) is 16.8. The number of nitrogens with zero attached hydrogens (tertiary/aromatic N) is 4. The zero-order valence-electron chi connectivity index (χ0n) is 13.6. The molecule has 23 heavy (non-hydrogen) atoms. The summed E-state index contributed by atoms with van der Waals surface area (Å²) >= 11 is 1.25. The van der Waals surface area contributed by atoms with E-state index in [1.54, 1.807) is 0 Å². The van der Waals surface area contributed by atoms with Crippen molar-refractivity contribution >= 4 is 29.0 Å². The number of nitrogens with one attached hydrogen (secondary N) is 1. The van der Waals surface area contributed by atoms with E-state index < -0.39 is 0 Å². The Labute approximate surface area is 140 Å². The van der Waals surface area contributed by atoms with Gasteiger partial charge in [0.25, 0.3) is 0 Å². The van der Waals surface area contributed by atoms with Crippen LogP contribution in [0.3, 0.4) is 0 Å². The Morgan fingerprint density at radius 2 is 2.13 bits per heavy atom. The highest BCUT2D eigenvalue weighted by atomic mass is 32.2. The first-order valence-corrected chi connectivity index (χ1v) is 8.47. The molecule has 0 aliphatic carbocycles. The van der Waals surface area contributed by atoms with Crippen molar-refractivity contribution in [3.63, 3.8) is 0 Å². The van der Waals surface area contributed by atoms with E-state index in [2.05, 4.69) is 40.3 Å². The van der Waals surface area contributed by atoms with Crippen LogP contribution in [0.25, 0.3) is 0 Å². The van der Waals surface area contributed by atoms with Crippen LogP contribution in [-0.4, -0.2) is 39.6 Å². The summed E-state index contributed by atoms with van der Waals surface area (Å²) in [7, 11) is 0. The van der Waals surface area contributed by atoms with Gasteiger partial charge in [0.1, 0.15) is 6.33 Å². The van der Waals surface area contributed by atoms with Gasteiger partial charge >= 0.3 is 0 Å². The summed E-state index contributed by atoms with van der Waals surface area (Å²) < 4.78 is 1.29. The highest BCUT2D eigenvalue weighted by Crippen LogP contribution is 2.23. The van der Waals surface area contributed by atoms with Crippen molar-refractivity contribution in [2.24, 2.45) is 0 Å². The molecule has 0 bridgehead atoms. The number of nitrogen functional groups attached to an aromatic ring is 1. The van der Waals surface area contributed by atoms with Crippen molar-refractivity contribution < 1.29 is 4.79 Å². The minimum absolute atomic E-state index is 0.100. The standard InChI is InChI=1S/C15H22N6OS/c1-4-20(5-2)12-6-7-13(11(3)8-12)18-14(22)9-23-15-19-17-10-21(15)16/h6-8,10H,4-5,9,16H2,1-3H3,(H,18,22). The molecule has 0 saturated heterocycles. The molecule has 1 aromatic carbocycles. The van der Waals surface area contributed by atoms with E-state index in [9.17, 15) is 4.79 Å². The molecule has 3 N–H and O–H groups in total. The van der Waals surface area contributed by atoms with Crippen molar-refractivity contribution in [1.29, 1.82) is 0 Å². The van der Waals surface area contributed by atoms with Crippen molar-refractivity contribution in [2.75, 3.05) is 34.9 Å². The third-order valence-corrected chi connectivity index (χ3v) is 4.44. The first kappa shape index (κ1) is 17.1. The minimum Gasteiger partial charge on any atom is -0.372 e. The number of nitrogens with two attached hydrogens (primary N) is 1. The molecule has 0 aliphatic rings. The molecular formula is C15H22N6OS. The third-order valence-electron chi connectivity index (χ3n) is 3.49. The first-order chi connectivity index (χ1) is 11.0. The zero-order valence-corrected chi connectivity index (χ0v) is 14.4. The Hall–Kier alpha value is -2.22. The molecule has 124 valence electrons. The summed E-state index contributed by atoms with van der Waals surface area (Å²) in [6.07, 6.45) is 1.40. The van der Waals surface area contributed by atoms with Gasteiger partial charge in [-0.3, -0.25) is 4.79 Å². The van der Waals surface area contributed by atoms with Crippen molar-refractivity contribution in [3.8, 4) is 0 Å². The molecule has 0 fully saturated rings. The number of amides is 1. The van der Waals surface area contributed by atoms with E-state index in [1.165, 1.54) is 22.8 Å². The molecule has 0 unspecified atom stereocenters. The average Bonchev–Trinajstić information content (AvgIpc) is 2.94. The van der Waals surface area contributed by atoms with Crippen LogP contribution in [-0.2, 0) is 4.79 Å². The van der Waals surface area contributed by atoms with Gasteiger partial charge in [0.15, 0.2) is 0 Å². The lowest BCUT2D eigenvalue weighted by molar-refractivity contribution is -0.113. The number of rotatable bonds is 7. The van der Waals surface area contributed by atoms with Crippen LogP contribution in [0.4, 0.5) is 11.4 Å². The van der Waals surface area contributed by atoms with E-state index in [1.807, 2.05) is 19.1 Å². The Morgan fingerprint density at radius 1 is 1.39 bits per heavy atom. The molecule has 1 aromatic heterocycles. The van der Waals surface area contributed by atoms with E-state index in [0.717, 1.165) is 30.0 Å². The Kier molecular flexibility index (Phi) is 5.86. The maximum atomic E-state index is 12.1. The number of aromatic nitrogens is 3. The number of thioether (sulfide) groups is 1. The van der Waals surface area contributed by atoms with E-state index >= 15 is 0 Å². The van der Waals surface area contributed by atoms with Gasteiger partial charge < -0.3 is 16.1 Å². The topological polar surface area (TPSA) is 89.1 Å². The lowest BCUT2D eigenvalue weighted by Crippen LogP contribution is -2.22. The summed E-state index contributed by atoms with van der Waals surface area (Å²) in [5, 5.41) is 10.9. The average molecular weight is 334 g/mol. The molecule has 2 aromatic rings. The first-order valence-electron chi connectivity index (χ1n) is 7.48. The third kappa shape index (κ3) is 4.38. The summed E-state index contributed by atoms with van der Waals surface area (Å²) in [5.74, 6) is 5.74. The maximum absolute atomic E-state index is 12.1. The fraction of sp³-hybridized carbons (Fsp3) is 0.400. The van der Waals surface area contributed by atoms with Gasteiger partial charge in [-0.2, -0.15) is 0 Å². The van der Waals surface area contributed by atoms with E-state index in [-0.39, 0.29) is 11.7 Å². The Balaban J connectivity index is 1.97. The second-order valence-corrected chi connectivity index (χ2v) is 5.97. The number of hydrogen-bond acceptors (Lipinski definition) is 6. The highest BCUT2D eigenvalue weighted by Gasteiger charge is 2.10. The van der Waals surface area contributed by atoms with Gasteiger partial charge in [0, 0.05) is 24.5 Å². The van der Waals surface area contributed by atoms with Crippen molar-refractivity contribution in [2.45, 2.75) is 25.9 Å². The quantitative estimate of drug-likeness (QED) is 0.594. The number of benzene rings is 1. The molecule has 1 amide bonds. The number of hydrogen-bond donors (Lipinski definition) is 2. The molecule has 0 spiro atoms. The molecule has 8 heteroatoms. The monoisotopic (exact) mass is 334 g/mol. The Morgan fingerprint density at radius 3 is 2.70 bits per heavy atom. The normalized spacial score (nSPS) is 10.6. The molecule has 0 saturated carbocycles. The number of aryl methyl sites for hydroxylation is 1. The second kappa shape index (κ2) is 7.87. The summed E-state index contributed by atoms with van der Waals surface area (Å²) in [6.45, 7) is 8.16. The summed E-state index contributed by atoms with van der Waals surface area (Å²) in [6, 6.07) is 6.06. The van der Waals surface area contributed by atoms with E-state index in [0.29, 0.717) is 5.16 Å². The molecule has 1 heterocycles. The highest BCUT2D eigenvalue weighted by molar-refractivity contribution is 7.99. The van der Waals surface area contributed by atoms with Gasteiger partial charge in [-0.1, -0.05) is 11.8 Å². The van der Waals surface area contributed by atoms with Gasteiger partial charge in [-0.15, -0.1) is 10.2 Å². The summed E-state index contributed by atoms with van der Waals surface area (Å²) in [4.78, 5) is 14.3. The molecular weight excluding hydrogens is 312 g/mol. The van der Waals surface area contributed by atoms with Crippen molar-refractivity contribution in [3.05, 3.63) is 30.1 Å². The van der Waals surface area contributed by atoms with Crippen LogP contribution in [0.2, 0.25) is 0 Å². The van der Waals surface area contributed by atoms with Gasteiger partial charge in [0.2, 0.25) is 11.1 Å². The fourth-order valence-corrected chi connectivity index (χ4v) is 2.86. The van der Waals surface area contributed by atoms with Gasteiger partial charge in [-0.25, -0.2) is 4.68 Å². The fourth-order valence-electron chi connectivity index (χ4n) is 2.23. The lowest BCUT2D eigenvalue weighted by Gasteiger charge is -2.22. The largest absolute Gasteiger partial charge is 0.372 e. The molecule has 0 atom stereocenters. The van der Waals surface area contributed by atoms with E-state index in [4.69, 9.17) is 5.84 Å². The van der Waals surface area contributed by atoms with Gasteiger partial charge in [0.05, 0.1) is 5.75 Å². The number of carbonyl (C=O) groups is 1.